The van der Waals surface area contributed by atoms with Gasteiger partial charge in [-0.2, -0.15) is 0 Å². The molecule has 9 heteroatoms. The molecule has 30 heavy (non-hydrogen) atoms. The quantitative estimate of drug-likeness (QED) is 0.623. The van der Waals surface area contributed by atoms with Crippen LogP contribution in [0.15, 0.2) is 42.5 Å². The van der Waals surface area contributed by atoms with E-state index >= 15 is 0 Å². The van der Waals surface area contributed by atoms with E-state index in [0.29, 0.717) is 16.5 Å². The first-order chi connectivity index (χ1) is 14.1. The number of para-hydroxylation sites is 1. The largest absolute Gasteiger partial charge is 0.496 e. The molecule has 1 N–H and O–H groups in total. The van der Waals surface area contributed by atoms with Gasteiger partial charge in [0.1, 0.15) is 17.5 Å². The Labute approximate surface area is 183 Å². The topological polar surface area (TPSA) is 84.9 Å². The van der Waals surface area contributed by atoms with Crippen molar-refractivity contribution in [1.29, 1.82) is 0 Å². The highest BCUT2D eigenvalue weighted by atomic mass is 35.5. The van der Waals surface area contributed by atoms with E-state index in [2.05, 4.69) is 5.32 Å². The molecule has 164 valence electrons. The minimum Gasteiger partial charge on any atom is -0.496 e. The Morgan fingerprint density at radius 3 is 2.33 bits per heavy atom. The molecule has 2 aromatic carbocycles. The zero-order valence-electron chi connectivity index (χ0n) is 17.7. The lowest BCUT2D eigenvalue weighted by atomic mass is 10.1. The van der Waals surface area contributed by atoms with E-state index < -0.39 is 28.0 Å². The molecule has 0 bridgehead atoms. The third kappa shape index (κ3) is 5.37. The molecule has 0 heterocycles. The second kappa shape index (κ2) is 10.0. The lowest BCUT2D eigenvalue weighted by molar-refractivity contribution is -0.122. The molecule has 2 rings (SSSR count). The summed E-state index contributed by atoms with van der Waals surface area (Å²) in [7, 11) is -0.845. The number of hydrogen-bond acceptors (Lipinski definition) is 5. The monoisotopic (exact) mass is 454 g/mol. The average Bonchev–Trinajstić information content (AvgIpc) is 2.70. The molecule has 1 amide bonds. The van der Waals surface area contributed by atoms with E-state index in [-0.39, 0.29) is 12.1 Å². The standard InChI is InChI=1S/C21H27ClN2O5S/c1-6-17(21(25)23-14(2)16-9-7-8-10-19(16)28-3)24(30(5,26)27)18-13-15(22)11-12-20(18)29-4/h7-14,17H,6H2,1-5H3,(H,23,25)/t14-,17-/m1/s1. The van der Waals surface area contributed by atoms with Gasteiger partial charge in [-0.05, 0) is 37.6 Å². The summed E-state index contributed by atoms with van der Waals surface area (Å²) < 4.78 is 37.1. The Kier molecular flexibility index (Phi) is 7.97. The third-order valence-corrected chi connectivity index (χ3v) is 6.07. The van der Waals surface area contributed by atoms with Crippen molar-refractivity contribution in [3.05, 3.63) is 53.1 Å². The zero-order valence-corrected chi connectivity index (χ0v) is 19.3. The maximum Gasteiger partial charge on any atom is 0.244 e. The first kappa shape index (κ1) is 23.8. The molecule has 0 fully saturated rings. The Balaban J connectivity index is 2.43. The van der Waals surface area contributed by atoms with Crippen LogP contribution < -0.4 is 19.1 Å². The molecule has 0 aliphatic heterocycles. The summed E-state index contributed by atoms with van der Waals surface area (Å²) in [6, 6.07) is 10.6. The lowest BCUT2D eigenvalue weighted by Gasteiger charge is -2.32. The fraction of sp³-hybridized carbons (Fsp3) is 0.381. The molecule has 0 aromatic heterocycles. The molecule has 2 atom stereocenters. The summed E-state index contributed by atoms with van der Waals surface area (Å²) in [5.74, 6) is 0.493. The minimum atomic E-state index is -3.83. The van der Waals surface area contributed by atoms with Crippen LogP contribution in [0.25, 0.3) is 0 Å². The van der Waals surface area contributed by atoms with Crippen molar-refractivity contribution >= 4 is 33.2 Å². The molecule has 0 unspecified atom stereocenters. The van der Waals surface area contributed by atoms with Crippen molar-refractivity contribution in [2.75, 3.05) is 24.8 Å². The zero-order chi connectivity index (χ0) is 22.5. The van der Waals surface area contributed by atoms with Gasteiger partial charge in [0.15, 0.2) is 0 Å². The number of hydrogen-bond donors (Lipinski definition) is 1. The van der Waals surface area contributed by atoms with Crippen LogP contribution in [0.5, 0.6) is 11.5 Å². The van der Waals surface area contributed by atoms with Crippen molar-refractivity contribution in [2.24, 2.45) is 0 Å². The number of nitrogens with zero attached hydrogens (tertiary/aromatic N) is 1. The number of benzene rings is 2. The Morgan fingerprint density at radius 2 is 1.77 bits per heavy atom. The molecule has 0 spiro atoms. The number of anilines is 1. The maximum atomic E-state index is 13.2. The van der Waals surface area contributed by atoms with Crippen molar-refractivity contribution in [3.63, 3.8) is 0 Å². The molecule has 0 radical (unpaired) electrons. The van der Waals surface area contributed by atoms with E-state index in [1.807, 2.05) is 25.1 Å². The van der Waals surface area contributed by atoms with Gasteiger partial charge in [-0.1, -0.05) is 36.7 Å². The number of ether oxygens (including phenoxy) is 2. The Hall–Kier alpha value is -2.45. The van der Waals surface area contributed by atoms with Crippen LogP contribution in [0.1, 0.15) is 31.9 Å². The predicted octanol–water partition coefficient (Wildman–Crippen LogP) is 3.78. The van der Waals surface area contributed by atoms with Gasteiger partial charge in [0.2, 0.25) is 15.9 Å². The highest BCUT2D eigenvalue weighted by Gasteiger charge is 2.34. The number of rotatable bonds is 9. The fourth-order valence-corrected chi connectivity index (χ4v) is 4.66. The summed E-state index contributed by atoms with van der Waals surface area (Å²) in [5, 5.41) is 3.23. The molecular formula is C21H27ClN2O5S. The molecule has 0 saturated heterocycles. The van der Waals surface area contributed by atoms with Gasteiger partial charge in [0.05, 0.1) is 32.2 Å². The van der Waals surface area contributed by atoms with Gasteiger partial charge in [0, 0.05) is 10.6 Å². The van der Waals surface area contributed by atoms with Gasteiger partial charge in [-0.3, -0.25) is 9.10 Å². The van der Waals surface area contributed by atoms with Crippen LogP contribution in [0.2, 0.25) is 5.02 Å². The normalized spacial score (nSPS) is 13.3. The molecule has 7 nitrogen and oxygen atoms in total. The van der Waals surface area contributed by atoms with Crippen LogP contribution >= 0.6 is 11.6 Å². The summed E-state index contributed by atoms with van der Waals surface area (Å²) in [6.07, 6.45) is 1.29. The van der Waals surface area contributed by atoms with Gasteiger partial charge < -0.3 is 14.8 Å². The number of nitrogens with one attached hydrogen (secondary N) is 1. The smallest absolute Gasteiger partial charge is 0.244 e. The van der Waals surface area contributed by atoms with Gasteiger partial charge >= 0.3 is 0 Å². The predicted molar refractivity (Wildman–Crippen MR) is 119 cm³/mol. The van der Waals surface area contributed by atoms with Crippen LogP contribution in [0, 0.1) is 0 Å². The van der Waals surface area contributed by atoms with E-state index in [4.69, 9.17) is 21.1 Å². The summed E-state index contributed by atoms with van der Waals surface area (Å²) >= 11 is 6.10. The van der Waals surface area contributed by atoms with E-state index in [1.54, 1.807) is 32.2 Å². The van der Waals surface area contributed by atoms with Crippen LogP contribution in [-0.4, -0.2) is 40.8 Å². The lowest BCUT2D eigenvalue weighted by Crippen LogP contribution is -2.49. The number of methoxy groups -OCH3 is 2. The van der Waals surface area contributed by atoms with E-state index in [1.165, 1.54) is 13.2 Å². The van der Waals surface area contributed by atoms with Crippen molar-refractivity contribution in [1.82, 2.24) is 5.32 Å². The van der Waals surface area contributed by atoms with Crippen molar-refractivity contribution in [2.45, 2.75) is 32.4 Å². The Bertz CT molecular complexity index is 997. The maximum absolute atomic E-state index is 13.2. The molecule has 2 aromatic rings. The summed E-state index contributed by atoms with van der Waals surface area (Å²) in [4.78, 5) is 13.2. The first-order valence-corrected chi connectivity index (χ1v) is 11.6. The molecular weight excluding hydrogens is 428 g/mol. The van der Waals surface area contributed by atoms with Crippen LogP contribution in [-0.2, 0) is 14.8 Å². The summed E-state index contributed by atoms with van der Waals surface area (Å²) in [5.41, 5.74) is 0.994. The number of carbonyl (C=O) groups is 1. The second-order valence-electron chi connectivity index (χ2n) is 6.77. The van der Waals surface area contributed by atoms with Gasteiger partial charge in [0.25, 0.3) is 0 Å². The molecule has 0 aliphatic rings. The van der Waals surface area contributed by atoms with Crippen LogP contribution in [0.3, 0.4) is 0 Å². The highest BCUT2D eigenvalue weighted by Crippen LogP contribution is 2.35. The Morgan fingerprint density at radius 1 is 1.13 bits per heavy atom. The fourth-order valence-electron chi connectivity index (χ4n) is 3.28. The second-order valence-corrected chi connectivity index (χ2v) is 9.07. The average molecular weight is 455 g/mol. The molecule has 0 aliphatic carbocycles. The van der Waals surface area contributed by atoms with Gasteiger partial charge in [-0.15, -0.1) is 0 Å². The number of carbonyl (C=O) groups excluding carboxylic acids is 1. The number of sulfonamides is 1. The SMILES string of the molecule is CC[C@H](C(=O)N[C@H](C)c1ccccc1OC)N(c1cc(Cl)ccc1OC)S(C)(=O)=O. The van der Waals surface area contributed by atoms with Gasteiger partial charge in [-0.25, -0.2) is 8.42 Å². The number of halogens is 1. The van der Waals surface area contributed by atoms with Crippen molar-refractivity contribution in [3.8, 4) is 11.5 Å². The van der Waals surface area contributed by atoms with Crippen LogP contribution in [0.4, 0.5) is 5.69 Å². The van der Waals surface area contributed by atoms with E-state index in [9.17, 15) is 13.2 Å². The molecule has 0 saturated carbocycles. The summed E-state index contributed by atoms with van der Waals surface area (Å²) in [6.45, 7) is 3.56. The van der Waals surface area contributed by atoms with Crippen molar-refractivity contribution < 1.29 is 22.7 Å². The third-order valence-electron chi connectivity index (χ3n) is 4.67. The highest BCUT2D eigenvalue weighted by molar-refractivity contribution is 7.92. The first-order valence-electron chi connectivity index (χ1n) is 9.40. The minimum absolute atomic E-state index is 0.208. The number of amides is 1. The van der Waals surface area contributed by atoms with E-state index in [0.717, 1.165) is 16.1 Å².